The molecule has 5 nitrogen and oxygen atoms in total. The van der Waals surface area contributed by atoms with E-state index in [2.05, 4.69) is 10.3 Å². The van der Waals surface area contributed by atoms with Crippen molar-refractivity contribution in [2.45, 2.75) is 6.54 Å². The average molecular weight is 359 g/mol. The third-order valence-corrected chi connectivity index (χ3v) is 3.97. The summed E-state index contributed by atoms with van der Waals surface area (Å²) in [5, 5.41) is 8.22. The zero-order valence-corrected chi connectivity index (χ0v) is 14.5. The Morgan fingerprint density at radius 3 is 2.76 bits per heavy atom. The van der Waals surface area contributed by atoms with Crippen LogP contribution in [0.25, 0.3) is 11.3 Å². The molecule has 3 rings (SSSR count). The average Bonchev–Trinajstić information content (AvgIpc) is 3.05. The highest BCUT2D eigenvalue weighted by atomic mass is 35.5. The lowest BCUT2D eigenvalue weighted by atomic mass is 10.1. The van der Waals surface area contributed by atoms with Gasteiger partial charge in [-0.2, -0.15) is 0 Å². The van der Waals surface area contributed by atoms with Crippen LogP contribution in [0.2, 0.25) is 5.02 Å². The summed E-state index contributed by atoms with van der Waals surface area (Å²) in [7, 11) is 3.43. The van der Waals surface area contributed by atoms with Gasteiger partial charge in [0.05, 0.1) is 17.8 Å². The SMILES string of the molecule is CN(C)C(=O)c1cccc(Cn2cc(-c3ccc(F)c(Cl)c3)nn2)c1. The van der Waals surface area contributed by atoms with E-state index < -0.39 is 5.82 Å². The third-order valence-electron chi connectivity index (χ3n) is 3.68. The van der Waals surface area contributed by atoms with Crippen molar-refractivity contribution in [1.29, 1.82) is 0 Å². The van der Waals surface area contributed by atoms with Crippen molar-refractivity contribution in [3.05, 3.63) is 70.6 Å². The molecule has 25 heavy (non-hydrogen) atoms. The number of carbonyl (C=O) groups is 1. The van der Waals surface area contributed by atoms with Crippen LogP contribution in [0.15, 0.2) is 48.7 Å². The number of amides is 1. The minimum Gasteiger partial charge on any atom is -0.345 e. The Hall–Kier alpha value is -2.73. The Bertz CT molecular complexity index is 923. The predicted molar refractivity (Wildman–Crippen MR) is 94.0 cm³/mol. The first-order valence-corrected chi connectivity index (χ1v) is 7.98. The van der Waals surface area contributed by atoms with Gasteiger partial charge in [0.1, 0.15) is 11.5 Å². The molecule has 7 heteroatoms. The lowest BCUT2D eigenvalue weighted by Gasteiger charge is -2.11. The van der Waals surface area contributed by atoms with E-state index in [0.29, 0.717) is 23.4 Å². The standard InChI is InChI=1S/C18H16ClFN4O/c1-23(2)18(25)14-5-3-4-12(8-14)10-24-11-17(21-22-24)13-6-7-16(20)15(19)9-13/h3-9,11H,10H2,1-2H3. The fourth-order valence-corrected chi connectivity index (χ4v) is 2.59. The van der Waals surface area contributed by atoms with Crippen LogP contribution in [0.4, 0.5) is 4.39 Å². The van der Waals surface area contributed by atoms with Gasteiger partial charge in [-0.05, 0) is 35.9 Å². The fourth-order valence-electron chi connectivity index (χ4n) is 2.41. The number of benzene rings is 2. The number of hydrogen-bond donors (Lipinski definition) is 0. The van der Waals surface area contributed by atoms with Gasteiger partial charge < -0.3 is 4.90 Å². The molecule has 0 fully saturated rings. The quantitative estimate of drug-likeness (QED) is 0.717. The Morgan fingerprint density at radius 1 is 1.24 bits per heavy atom. The normalized spacial score (nSPS) is 10.7. The first-order valence-electron chi connectivity index (χ1n) is 7.60. The zero-order chi connectivity index (χ0) is 18.0. The second-order valence-electron chi connectivity index (χ2n) is 5.83. The Morgan fingerprint density at radius 2 is 2.04 bits per heavy atom. The maximum Gasteiger partial charge on any atom is 0.253 e. The summed E-state index contributed by atoms with van der Waals surface area (Å²) in [6.07, 6.45) is 1.75. The van der Waals surface area contributed by atoms with Crippen LogP contribution in [0.3, 0.4) is 0 Å². The Balaban J connectivity index is 1.81. The number of nitrogens with zero attached hydrogens (tertiary/aromatic N) is 4. The van der Waals surface area contributed by atoms with Crippen molar-refractivity contribution in [2.75, 3.05) is 14.1 Å². The van der Waals surface area contributed by atoms with E-state index in [1.54, 1.807) is 37.1 Å². The molecule has 1 aromatic heterocycles. The molecule has 0 aliphatic heterocycles. The highest BCUT2D eigenvalue weighted by molar-refractivity contribution is 6.31. The Labute approximate surface area is 149 Å². The third kappa shape index (κ3) is 3.85. The summed E-state index contributed by atoms with van der Waals surface area (Å²) in [6.45, 7) is 0.469. The van der Waals surface area contributed by atoms with Crippen LogP contribution in [0.5, 0.6) is 0 Å². The van der Waals surface area contributed by atoms with Gasteiger partial charge in [-0.1, -0.05) is 28.9 Å². The van der Waals surface area contributed by atoms with E-state index in [1.807, 2.05) is 18.2 Å². The fraction of sp³-hybridized carbons (Fsp3) is 0.167. The first kappa shape index (κ1) is 17.1. The van der Waals surface area contributed by atoms with Crippen molar-refractivity contribution >= 4 is 17.5 Å². The van der Waals surface area contributed by atoms with Gasteiger partial charge in [-0.3, -0.25) is 4.79 Å². The summed E-state index contributed by atoms with van der Waals surface area (Å²) >= 11 is 5.81. The molecule has 0 spiro atoms. The number of aromatic nitrogens is 3. The van der Waals surface area contributed by atoms with Crippen molar-refractivity contribution in [3.63, 3.8) is 0 Å². The molecule has 0 aliphatic carbocycles. The molecule has 0 unspecified atom stereocenters. The van der Waals surface area contributed by atoms with E-state index >= 15 is 0 Å². The first-order chi connectivity index (χ1) is 11.9. The second kappa shape index (κ2) is 7.03. The van der Waals surface area contributed by atoms with Crippen LogP contribution in [-0.2, 0) is 6.54 Å². The minimum absolute atomic E-state index is 0.0435. The minimum atomic E-state index is -0.472. The van der Waals surface area contributed by atoms with Crippen LogP contribution < -0.4 is 0 Å². The van der Waals surface area contributed by atoms with Crippen LogP contribution >= 0.6 is 11.6 Å². The number of carbonyl (C=O) groups excluding carboxylic acids is 1. The molecule has 0 bridgehead atoms. The van der Waals surface area contributed by atoms with E-state index in [-0.39, 0.29) is 10.9 Å². The van der Waals surface area contributed by atoms with Gasteiger partial charge in [0.2, 0.25) is 0 Å². The molecule has 1 amide bonds. The van der Waals surface area contributed by atoms with Crippen LogP contribution in [0, 0.1) is 5.82 Å². The molecule has 0 N–H and O–H groups in total. The van der Waals surface area contributed by atoms with Gasteiger partial charge in [-0.25, -0.2) is 9.07 Å². The maximum atomic E-state index is 13.3. The zero-order valence-electron chi connectivity index (χ0n) is 13.8. The maximum absolute atomic E-state index is 13.3. The molecule has 1 heterocycles. The van der Waals surface area contributed by atoms with Crippen LogP contribution in [-0.4, -0.2) is 39.9 Å². The molecular weight excluding hydrogens is 343 g/mol. The molecule has 0 aliphatic rings. The van der Waals surface area contributed by atoms with Gasteiger partial charge in [0.15, 0.2) is 0 Å². The van der Waals surface area contributed by atoms with Gasteiger partial charge in [-0.15, -0.1) is 5.10 Å². The van der Waals surface area contributed by atoms with Crippen molar-refractivity contribution in [1.82, 2.24) is 19.9 Å². The van der Waals surface area contributed by atoms with E-state index in [1.165, 1.54) is 17.0 Å². The van der Waals surface area contributed by atoms with Crippen molar-refractivity contribution in [3.8, 4) is 11.3 Å². The highest BCUT2D eigenvalue weighted by Gasteiger charge is 2.10. The molecule has 0 saturated carbocycles. The van der Waals surface area contributed by atoms with Crippen molar-refractivity contribution < 1.29 is 9.18 Å². The molecule has 0 saturated heterocycles. The summed E-state index contributed by atoms with van der Waals surface area (Å²) in [5.74, 6) is -0.526. The van der Waals surface area contributed by atoms with Gasteiger partial charge in [0, 0.05) is 25.2 Å². The smallest absolute Gasteiger partial charge is 0.253 e. The summed E-state index contributed by atoms with van der Waals surface area (Å²) < 4.78 is 14.9. The molecule has 128 valence electrons. The van der Waals surface area contributed by atoms with Crippen LogP contribution in [0.1, 0.15) is 15.9 Å². The highest BCUT2D eigenvalue weighted by Crippen LogP contribution is 2.23. The largest absolute Gasteiger partial charge is 0.345 e. The van der Waals surface area contributed by atoms with E-state index in [9.17, 15) is 9.18 Å². The predicted octanol–water partition coefficient (Wildman–Crippen LogP) is 3.49. The lowest BCUT2D eigenvalue weighted by Crippen LogP contribution is -2.21. The molecule has 0 radical (unpaired) electrons. The molecule has 0 atom stereocenters. The van der Waals surface area contributed by atoms with Crippen molar-refractivity contribution in [2.24, 2.45) is 0 Å². The summed E-state index contributed by atoms with van der Waals surface area (Å²) in [4.78, 5) is 13.6. The number of rotatable bonds is 4. The molecule has 2 aromatic carbocycles. The topological polar surface area (TPSA) is 51.0 Å². The number of hydrogen-bond acceptors (Lipinski definition) is 3. The lowest BCUT2D eigenvalue weighted by molar-refractivity contribution is 0.0827. The van der Waals surface area contributed by atoms with Gasteiger partial charge in [0.25, 0.3) is 5.91 Å². The van der Waals surface area contributed by atoms with E-state index in [0.717, 1.165) is 5.56 Å². The van der Waals surface area contributed by atoms with E-state index in [4.69, 9.17) is 11.6 Å². The van der Waals surface area contributed by atoms with Gasteiger partial charge >= 0.3 is 0 Å². The summed E-state index contributed by atoms with van der Waals surface area (Å²) in [5.41, 5.74) is 2.84. The molecular formula is C18H16ClFN4O. The molecule has 3 aromatic rings. The summed E-state index contributed by atoms with van der Waals surface area (Å²) in [6, 6.07) is 11.8. The monoisotopic (exact) mass is 358 g/mol. The Kier molecular flexibility index (Phi) is 4.81. The second-order valence-corrected chi connectivity index (χ2v) is 6.24. The number of halogens is 2.